The normalized spacial score (nSPS) is 16.7. The van der Waals surface area contributed by atoms with Gasteiger partial charge in [0.2, 0.25) is 5.72 Å². The molecule has 5 nitrogen and oxygen atoms in total. The fraction of sp³-hybridized carbons (Fsp3) is 0.283. The summed E-state index contributed by atoms with van der Waals surface area (Å²) in [5, 5.41) is 0. The first-order valence-electron chi connectivity index (χ1n) is 18.3. The van der Waals surface area contributed by atoms with E-state index in [2.05, 4.69) is 99.5 Å². The Morgan fingerprint density at radius 2 is 1.31 bits per heavy atom. The molecular weight excluding hydrogens is 631 g/mol. The van der Waals surface area contributed by atoms with E-state index < -0.39 is 5.72 Å². The van der Waals surface area contributed by atoms with Gasteiger partial charge in [-0.05, 0) is 115 Å². The van der Waals surface area contributed by atoms with Gasteiger partial charge < -0.3 is 19.1 Å². The summed E-state index contributed by atoms with van der Waals surface area (Å²) in [6, 6.07) is 38.1. The molecule has 51 heavy (non-hydrogen) atoms. The fourth-order valence-electron chi connectivity index (χ4n) is 7.45. The topological polar surface area (TPSA) is 48.0 Å². The van der Waals surface area contributed by atoms with Crippen LogP contribution in [-0.2, 0) is 5.41 Å². The molecule has 0 radical (unpaired) electrons. The standard InChI is InChI=1S/C46H47NO4/c1-5-6-7-8-9-12-31-49-39-24-19-34(20-25-39)33-15-17-36(18-16-33)44(48)50-40-26-21-35(22-27-40)37-23-28-43-38(32-37)29-30-46(51-43)45(2,3)41-13-10-11-14-42(41)47(46)4/h10-11,13-30,32H,5-9,12,31H2,1-4H3/t46-/m1/s1. The van der Waals surface area contributed by atoms with Crippen LogP contribution in [0, 0.1) is 0 Å². The largest absolute Gasteiger partial charge is 0.494 e. The van der Waals surface area contributed by atoms with Gasteiger partial charge in [-0.25, -0.2) is 4.79 Å². The molecule has 0 aromatic heterocycles. The smallest absolute Gasteiger partial charge is 0.343 e. The van der Waals surface area contributed by atoms with Crippen LogP contribution < -0.4 is 19.1 Å². The minimum Gasteiger partial charge on any atom is -0.494 e. The minimum absolute atomic E-state index is 0.241. The quantitative estimate of drug-likeness (QED) is 0.0747. The zero-order valence-corrected chi connectivity index (χ0v) is 30.2. The van der Waals surface area contributed by atoms with Gasteiger partial charge in [-0.1, -0.05) is 99.7 Å². The molecule has 0 N–H and O–H groups in total. The van der Waals surface area contributed by atoms with Gasteiger partial charge in [-0.2, -0.15) is 0 Å². The van der Waals surface area contributed by atoms with Crippen molar-refractivity contribution in [2.45, 2.75) is 70.4 Å². The molecule has 0 bridgehead atoms. The number of fused-ring (bicyclic) bond motifs is 2. The molecule has 260 valence electrons. The lowest BCUT2D eigenvalue weighted by Crippen LogP contribution is -2.58. The Bertz CT molecular complexity index is 2010. The highest BCUT2D eigenvalue weighted by atomic mass is 16.5. The van der Waals surface area contributed by atoms with Gasteiger partial charge in [0.1, 0.15) is 17.2 Å². The van der Waals surface area contributed by atoms with Crippen molar-refractivity contribution in [2.75, 3.05) is 18.6 Å². The monoisotopic (exact) mass is 677 g/mol. The number of unbranched alkanes of at least 4 members (excludes halogenated alkanes) is 5. The lowest BCUT2D eigenvalue weighted by molar-refractivity contribution is 0.0582. The Hall–Kier alpha value is -5.29. The number of anilines is 1. The first-order chi connectivity index (χ1) is 24.8. The molecule has 5 aromatic carbocycles. The molecule has 5 aromatic rings. The lowest BCUT2D eigenvalue weighted by Gasteiger charge is -2.45. The fourth-order valence-corrected chi connectivity index (χ4v) is 7.45. The summed E-state index contributed by atoms with van der Waals surface area (Å²) in [4.78, 5) is 15.3. The predicted octanol–water partition coefficient (Wildman–Crippen LogP) is 11.5. The van der Waals surface area contributed by atoms with Crippen molar-refractivity contribution in [3.63, 3.8) is 0 Å². The molecule has 0 aliphatic carbocycles. The Balaban J connectivity index is 0.946. The molecule has 2 aliphatic heterocycles. The molecule has 0 saturated heterocycles. The first kappa shape index (κ1) is 34.2. The maximum absolute atomic E-state index is 13.0. The van der Waals surface area contributed by atoms with Gasteiger partial charge >= 0.3 is 5.97 Å². The number of ether oxygens (including phenoxy) is 3. The predicted molar refractivity (Wildman–Crippen MR) is 208 cm³/mol. The van der Waals surface area contributed by atoms with Gasteiger partial charge in [0.25, 0.3) is 0 Å². The van der Waals surface area contributed by atoms with E-state index in [-0.39, 0.29) is 11.4 Å². The Morgan fingerprint density at radius 1 is 0.706 bits per heavy atom. The summed E-state index contributed by atoms with van der Waals surface area (Å²) in [6.45, 7) is 7.48. The van der Waals surface area contributed by atoms with E-state index in [4.69, 9.17) is 14.2 Å². The Labute approximate surface area is 302 Å². The molecular formula is C46H47NO4. The van der Waals surface area contributed by atoms with Crippen LogP contribution in [-0.4, -0.2) is 25.3 Å². The second-order valence-electron chi connectivity index (χ2n) is 14.2. The van der Waals surface area contributed by atoms with E-state index in [0.717, 1.165) is 52.3 Å². The maximum Gasteiger partial charge on any atom is 0.343 e. The average Bonchev–Trinajstić information content (AvgIpc) is 3.32. The zero-order valence-electron chi connectivity index (χ0n) is 30.2. The van der Waals surface area contributed by atoms with Crippen molar-refractivity contribution < 1.29 is 19.0 Å². The highest BCUT2D eigenvalue weighted by Crippen LogP contribution is 2.54. The number of rotatable bonds is 12. The van der Waals surface area contributed by atoms with Crippen molar-refractivity contribution >= 4 is 17.7 Å². The van der Waals surface area contributed by atoms with E-state index in [9.17, 15) is 4.79 Å². The summed E-state index contributed by atoms with van der Waals surface area (Å²) in [6.07, 6.45) is 11.9. The van der Waals surface area contributed by atoms with Gasteiger partial charge in [-0.15, -0.1) is 0 Å². The van der Waals surface area contributed by atoms with Crippen LogP contribution in [0.15, 0.2) is 121 Å². The van der Waals surface area contributed by atoms with E-state index in [1.807, 2.05) is 60.7 Å². The lowest BCUT2D eigenvalue weighted by atomic mass is 9.76. The van der Waals surface area contributed by atoms with E-state index >= 15 is 0 Å². The highest BCUT2D eigenvalue weighted by molar-refractivity contribution is 5.91. The van der Waals surface area contributed by atoms with Crippen LogP contribution in [0.5, 0.6) is 17.2 Å². The summed E-state index contributed by atoms with van der Waals surface area (Å²) in [5.74, 6) is 1.85. The number of hydrogen-bond acceptors (Lipinski definition) is 5. The van der Waals surface area contributed by atoms with Gasteiger partial charge in [0.15, 0.2) is 0 Å². The van der Waals surface area contributed by atoms with Crippen LogP contribution in [0.1, 0.15) is 80.8 Å². The van der Waals surface area contributed by atoms with Crippen LogP contribution in [0.2, 0.25) is 0 Å². The second kappa shape index (κ2) is 14.5. The van der Waals surface area contributed by atoms with Crippen molar-refractivity contribution in [1.29, 1.82) is 0 Å². The molecule has 5 heteroatoms. The van der Waals surface area contributed by atoms with Crippen molar-refractivity contribution in [2.24, 2.45) is 0 Å². The SMILES string of the molecule is CCCCCCCCOc1ccc(-c2ccc(C(=O)Oc3ccc(-c4ccc5c(c4)C=C[C@]4(O5)N(C)c5ccccc5C4(C)C)cc3)cc2)cc1. The van der Waals surface area contributed by atoms with Crippen LogP contribution in [0.4, 0.5) is 5.69 Å². The molecule has 0 amide bonds. The number of hydrogen-bond donors (Lipinski definition) is 0. The summed E-state index contributed by atoms with van der Waals surface area (Å²) < 4.78 is 18.5. The van der Waals surface area contributed by atoms with E-state index in [1.54, 1.807) is 0 Å². The Kier molecular flexibility index (Phi) is 9.73. The van der Waals surface area contributed by atoms with Crippen molar-refractivity contribution in [3.8, 4) is 39.5 Å². The first-order valence-corrected chi connectivity index (χ1v) is 18.3. The third kappa shape index (κ3) is 6.78. The summed E-state index contributed by atoms with van der Waals surface area (Å²) in [7, 11) is 2.11. The molecule has 2 aliphatic rings. The Morgan fingerprint density at radius 3 is 2.02 bits per heavy atom. The van der Waals surface area contributed by atoms with Crippen LogP contribution in [0.25, 0.3) is 28.3 Å². The van der Waals surface area contributed by atoms with E-state index in [1.165, 1.54) is 43.4 Å². The minimum atomic E-state index is -0.607. The number of carbonyl (C=O) groups is 1. The average molecular weight is 678 g/mol. The third-order valence-electron chi connectivity index (χ3n) is 10.6. The number of carbonyl (C=O) groups excluding carboxylic acids is 1. The third-order valence-corrected chi connectivity index (χ3v) is 10.6. The zero-order chi connectivity index (χ0) is 35.4. The van der Waals surface area contributed by atoms with Gasteiger partial charge in [-0.3, -0.25) is 0 Å². The number of esters is 1. The molecule has 7 rings (SSSR count). The summed E-state index contributed by atoms with van der Waals surface area (Å²) in [5.41, 5.74) is 7.34. The van der Waals surface area contributed by atoms with Crippen LogP contribution in [0.3, 0.4) is 0 Å². The molecule has 0 fully saturated rings. The number of para-hydroxylation sites is 1. The van der Waals surface area contributed by atoms with Crippen molar-refractivity contribution in [3.05, 3.63) is 138 Å². The van der Waals surface area contributed by atoms with Gasteiger partial charge in [0.05, 0.1) is 17.6 Å². The molecule has 0 unspecified atom stereocenters. The number of likely N-dealkylation sites (N-methyl/N-ethyl adjacent to an activating group) is 1. The van der Waals surface area contributed by atoms with Crippen molar-refractivity contribution in [1.82, 2.24) is 0 Å². The summed E-state index contributed by atoms with van der Waals surface area (Å²) >= 11 is 0. The second-order valence-corrected chi connectivity index (χ2v) is 14.2. The highest BCUT2D eigenvalue weighted by Gasteiger charge is 2.57. The molecule has 1 atom stereocenters. The van der Waals surface area contributed by atoms with E-state index in [0.29, 0.717) is 11.3 Å². The van der Waals surface area contributed by atoms with Crippen LogP contribution >= 0.6 is 0 Å². The molecule has 2 heterocycles. The molecule has 0 saturated carbocycles. The maximum atomic E-state index is 13.0. The van der Waals surface area contributed by atoms with Gasteiger partial charge in [0, 0.05) is 18.3 Å². The number of nitrogens with zero attached hydrogens (tertiary/aromatic N) is 1. The number of benzene rings is 5. The molecule has 1 spiro atoms.